The Morgan fingerprint density at radius 3 is 2.38 bits per heavy atom. The van der Waals surface area contributed by atoms with E-state index in [1.807, 2.05) is 0 Å². The average molecular weight is 192 g/mol. The summed E-state index contributed by atoms with van der Waals surface area (Å²) in [7, 11) is 1.41. The van der Waals surface area contributed by atoms with E-state index in [1.54, 1.807) is 6.92 Å². The normalized spacial score (nSPS) is 46.4. The summed E-state index contributed by atoms with van der Waals surface area (Å²) in [4.78, 5) is 0. The van der Waals surface area contributed by atoms with Gasteiger partial charge in [0, 0.05) is 7.11 Å². The summed E-state index contributed by atoms with van der Waals surface area (Å²) in [6.07, 6.45) is -3.70. The molecule has 1 saturated heterocycles. The molecular weight excluding hydrogens is 176 g/mol. The minimum Gasteiger partial charge on any atom is -0.394 e. The predicted octanol–water partition coefficient (Wildman–Crippen LogP) is -1.50. The van der Waals surface area contributed by atoms with Gasteiger partial charge in [-0.25, -0.2) is 0 Å². The van der Waals surface area contributed by atoms with Crippen LogP contribution in [0.15, 0.2) is 0 Å². The van der Waals surface area contributed by atoms with Gasteiger partial charge < -0.3 is 24.8 Å². The van der Waals surface area contributed by atoms with Crippen LogP contribution in [0.5, 0.6) is 0 Å². The van der Waals surface area contributed by atoms with E-state index < -0.39 is 30.5 Å². The first-order valence-electron chi connectivity index (χ1n) is 4.27. The maximum absolute atomic E-state index is 9.54. The van der Waals surface area contributed by atoms with Crippen molar-refractivity contribution >= 4 is 0 Å². The molecule has 1 heterocycles. The minimum atomic E-state index is -1.01. The Morgan fingerprint density at radius 2 is 1.92 bits per heavy atom. The van der Waals surface area contributed by atoms with E-state index in [0.29, 0.717) is 0 Å². The Morgan fingerprint density at radius 1 is 1.31 bits per heavy atom. The first kappa shape index (κ1) is 10.9. The van der Waals surface area contributed by atoms with E-state index in [1.165, 1.54) is 7.11 Å². The van der Waals surface area contributed by atoms with Gasteiger partial charge in [-0.3, -0.25) is 0 Å². The lowest BCUT2D eigenvalue weighted by Crippen LogP contribution is -2.58. The summed E-state index contributed by atoms with van der Waals surface area (Å²) in [6.45, 7) is 1.41. The van der Waals surface area contributed by atoms with Gasteiger partial charge >= 0.3 is 0 Å². The molecule has 0 radical (unpaired) electrons. The van der Waals surface area contributed by atoms with E-state index >= 15 is 0 Å². The smallest absolute Gasteiger partial charge is 0.114 e. The number of rotatable bonds is 2. The molecular formula is C8H16O5. The molecule has 1 aliphatic rings. The lowest BCUT2D eigenvalue weighted by atomic mass is 9.96. The number of hydrogen-bond donors (Lipinski definition) is 3. The van der Waals surface area contributed by atoms with Crippen LogP contribution in [-0.2, 0) is 9.47 Å². The van der Waals surface area contributed by atoms with Crippen LogP contribution in [0.2, 0.25) is 0 Å². The van der Waals surface area contributed by atoms with Crippen LogP contribution in [0.4, 0.5) is 0 Å². The van der Waals surface area contributed by atoms with Crippen molar-refractivity contribution in [2.24, 2.45) is 0 Å². The van der Waals surface area contributed by atoms with Gasteiger partial charge in [0.15, 0.2) is 0 Å². The second-order valence-electron chi connectivity index (χ2n) is 3.24. The molecule has 1 unspecified atom stereocenters. The van der Waals surface area contributed by atoms with Crippen LogP contribution in [0.25, 0.3) is 0 Å². The third-order valence-electron chi connectivity index (χ3n) is 2.38. The van der Waals surface area contributed by atoms with Crippen molar-refractivity contribution in [1.82, 2.24) is 0 Å². The van der Waals surface area contributed by atoms with Crippen LogP contribution in [-0.4, -0.2) is 59.6 Å². The van der Waals surface area contributed by atoms with E-state index in [4.69, 9.17) is 14.6 Å². The van der Waals surface area contributed by atoms with Crippen LogP contribution in [0.1, 0.15) is 6.92 Å². The van der Waals surface area contributed by atoms with Gasteiger partial charge in [-0.1, -0.05) is 0 Å². The quantitative estimate of drug-likeness (QED) is 0.496. The molecule has 0 aromatic carbocycles. The highest BCUT2D eigenvalue weighted by Crippen LogP contribution is 2.22. The Labute approximate surface area is 76.9 Å². The number of ether oxygens (including phenoxy) is 2. The molecule has 5 atom stereocenters. The average Bonchev–Trinajstić information content (AvgIpc) is 2.13. The molecule has 3 N–H and O–H groups in total. The molecule has 78 valence electrons. The largest absolute Gasteiger partial charge is 0.394 e. The second-order valence-corrected chi connectivity index (χ2v) is 3.24. The molecule has 0 aliphatic carbocycles. The fourth-order valence-corrected chi connectivity index (χ4v) is 1.56. The highest BCUT2D eigenvalue weighted by Gasteiger charge is 2.42. The third kappa shape index (κ3) is 2.00. The van der Waals surface area contributed by atoms with Gasteiger partial charge in [-0.2, -0.15) is 0 Å². The standard InChI is InChI=1S/C8H16O5/c1-4-6(10)7(11)8(12-2)5(3-9)13-4/h4-11H,3H2,1-2H3/t4-,5?,6+,7-,8-/m1/s1. The summed E-state index contributed by atoms with van der Waals surface area (Å²) in [5, 5.41) is 27.9. The zero-order valence-electron chi connectivity index (χ0n) is 7.75. The van der Waals surface area contributed by atoms with E-state index in [0.717, 1.165) is 0 Å². The van der Waals surface area contributed by atoms with Crippen LogP contribution in [0.3, 0.4) is 0 Å². The summed E-state index contributed by atoms with van der Waals surface area (Å²) in [6, 6.07) is 0. The first-order valence-corrected chi connectivity index (χ1v) is 4.27. The predicted molar refractivity (Wildman–Crippen MR) is 44.2 cm³/mol. The highest BCUT2D eigenvalue weighted by molar-refractivity contribution is 4.91. The number of methoxy groups -OCH3 is 1. The topological polar surface area (TPSA) is 79.2 Å². The van der Waals surface area contributed by atoms with Gasteiger partial charge in [0.05, 0.1) is 12.7 Å². The number of aliphatic hydroxyl groups excluding tert-OH is 3. The Kier molecular flexibility index (Phi) is 3.63. The molecule has 0 spiro atoms. The first-order chi connectivity index (χ1) is 6.11. The molecule has 1 aliphatic heterocycles. The van der Waals surface area contributed by atoms with Crippen molar-refractivity contribution in [1.29, 1.82) is 0 Å². The molecule has 0 aromatic heterocycles. The number of hydrogen-bond acceptors (Lipinski definition) is 5. The molecule has 0 bridgehead atoms. The maximum Gasteiger partial charge on any atom is 0.114 e. The highest BCUT2D eigenvalue weighted by atomic mass is 16.6. The fraction of sp³-hybridized carbons (Fsp3) is 1.00. The maximum atomic E-state index is 9.54. The van der Waals surface area contributed by atoms with Crippen molar-refractivity contribution in [3.8, 4) is 0 Å². The van der Waals surface area contributed by atoms with Gasteiger partial charge in [0.1, 0.15) is 24.4 Å². The SMILES string of the molecule is CO[C@@H]1C(CO)O[C@H](C)[C@H](O)[C@H]1O. The van der Waals surface area contributed by atoms with Crippen molar-refractivity contribution < 1.29 is 24.8 Å². The Hall–Kier alpha value is -0.200. The summed E-state index contributed by atoms with van der Waals surface area (Å²) in [5.41, 5.74) is 0. The Balaban J connectivity index is 2.69. The van der Waals surface area contributed by atoms with E-state index in [9.17, 15) is 10.2 Å². The molecule has 1 fully saturated rings. The Bertz CT molecular complexity index is 161. The van der Waals surface area contributed by atoms with Gasteiger partial charge in [0.2, 0.25) is 0 Å². The monoisotopic (exact) mass is 192 g/mol. The lowest BCUT2D eigenvalue weighted by molar-refractivity contribution is -0.231. The second kappa shape index (κ2) is 4.34. The molecule has 0 amide bonds. The summed E-state index contributed by atoms with van der Waals surface area (Å²) in [5.74, 6) is 0. The lowest BCUT2D eigenvalue weighted by Gasteiger charge is -2.40. The van der Waals surface area contributed by atoms with Crippen LogP contribution in [0, 0.1) is 0 Å². The molecule has 1 rings (SSSR count). The van der Waals surface area contributed by atoms with Crippen LogP contribution < -0.4 is 0 Å². The van der Waals surface area contributed by atoms with E-state index in [-0.39, 0.29) is 6.61 Å². The zero-order chi connectivity index (χ0) is 10.0. The van der Waals surface area contributed by atoms with Crippen molar-refractivity contribution in [3.05, 3.63) is 0 Å². The minimum absolute atomic E-state index is 0.230. The number of aliphatic hydroxyl groups is 3. The molecule has 5 nitrogen and oxygen atoms in total. The van der Waals surface area contributed by atoms with Gasteiger partial charge in [-0.05, 0) is 6.92 Å². The van der Waals surface area contributed by atoms with Crippen molar-refractivity contribution in [2.75, 3.05) is 13.7 Å². The molecule has 0 saturated carbocycles. The fourth-order valence-electron chi connectivity index (χ4n) is 1.56. The van der Waals surface area contributed by atoms with Crippen molar-refractivity contribution in [3.63, 3.8) is 0 Å². The third-order valence-corrected chi connectivity index (χ3v) is 2.38. The summed E-state index contributed by atoms with van der Waals surface area (Å²) >= 11 is 0. The zero-order valence-corrected chi connectivity index (χ0v) is 7.75. The molecule has 13 heavy (non-hydrogen) atoms. The van der Waals surface area contributed by atoms with E-state index in [2.05, 4.69) is 0 Å². The molecule has 5 heteroatoms. The van der Waals surface area contributed by atoms with Crippen LogP contribution >= 0.6 is 0 Å². The van der Waals surface area contributed by atoms with Gasteiger partial charge in [0.25, 0.3) is 0 Å². The summed E-state index contributed by atoms with van der Waals surface area (Å²) < 4.78 is 10.2. The van der Waals surface area contributed by atoms with Crippen molar-refractivity contribution in [2.45, 2.75) is 37.4 Å². The molecule has 0 aromatic rings. The van der Waals surface area contributed by atoms with Gasteiger partial charge in [-0.15, -0.1) is 0 Å².